The number of hydrogen-bond donors (Lipinski definition) is 1. The Balaban J connectivity index is 1.59. The van der Waals surface area contributed by atoms with Crippen molar-refractivity contribution < 1.29 is 17.9 Å². The summed E-state index contributed by atoms with van der Waals surface area (Å²) in [5, 5.41) is 2.89. The van der Waals surface area contributed by atoms with Crippen LogP contribution >= 0.6 is 0 Å². The molecular weight excluding hydrogens is 378 g/mol. The molecule has 0 unspecified atom stereocenters. The predicted molar refractivity (Wildman–Crippen MR) is 108 cm³/mol. The second-order valence-electron chi connectivity index (χ2n) is 8.00. The van der Waals surface area contributed by atoms with Gasteiger partial charge in [-0.05, 0) is 37.0 Å². The SMILES string of the molecule is CC(C)CN1CCO[C@@H](CNC(=O)c2cccc(S(=O)(=O)N3CCCC3)c2)C1. The van der Waals surface area contributed by atoms with Crippen molar-refractivity contribution in [2.75, 3.05) is 45.9 Å². The second kappa shape index (κ2) is 9.35. The Morgan fingerprint density at radius 3 is 2.71 bits per heavy atom. The van der Waals surface area contributed by atoms with Gasteiger partial charge in [0.1, 0.15) is 0 Å². The molecule has 1 amide bonds. The van der Waals surface area contributed by atoms with Crippen molar-refractivity contribution in [3.8, 4) is 0 Å². The summed E-state index contributed by atoms with van der Waals surface area (Å²) in [7, 11) is -3.53. The minimum absolute atomic E-state index is 0.0482. The Kier molecular flexibility index (Phi) is 7.09. The molecule has 2 heterocycles. The molecule has 0 bridgehead atoms. The molecule has 0 aromatic heterocycles. The summed E-state index contributed by atoms with van der Waals surface area (Å²) < 4.78 is 32.7. The van der Waals surface area contributed by atoms with Crippen LogP contribution in [0, 0.1) is 5.92 Å². The van der Waals surface area contributed by atoms with Crippen molar-refractivity contribution in [3.05, 3.63) is 29.8 Å². The molecule has 1 atom stereocenters. The molecule has 28 heavy (non-hydrogen) atoms. The summed E-state index contributed by atoms with van der Waals surface area (Å²) in [6, 6.07) is 6.29. The first-order valence-electron chi connectivity index (χ1n) is 10.1. The minimum atomic E-state index is -3.53. The highest BCUT2D eigenvalue weighted by Crippen LogP contribution is 2.21. The fraction of sp³-hybridized carbons (Fsp3) is 0.650. The third-order valence-electron chi connectivity index (χ3n) is 5.14. The van der Waals surface area contributed by atoms with Crippen LogP contribution in [0.15, 0.2) is 29.2 Å². The van der Waals surface area contributed by atoms with E-state index in [9.17, 15) is 13.2 Å². The van der Waals surface area contributed by atoms with Crippen molar-refractivity contribution >= 4 is 15.9 Å². The first kappa shape index (κ1) is 21.2. The number of nitrogens with zero attached hydrogens (tertiary/aromatic N) is 2. The van der Waals surface area contributed by atoms with E-state index in [1.165, 1.54) is 10.4 Å². The summed E-state index contributed by atoms with van der Waals surface area (Å²) in [6.45, 7) is 9.28. The molecule has 1 aromatic carbocycles. The Hall–Kier alpha value is -1.48. The number of morpholine rings is 1. The summed E-state index contributed by atoms with van der Waals surface area (Å²) in [5.41, 5.74) is 0.357. The maximum absolute atomic E-state index is 12.7. The van der Waals surface area contributed by atoms with Crippen LogP contribution in [0.25, 0.3) is 0 Å². The van der Waals surface area contributed by atoms with Crippen molar-refractivity contribution in [1.82, 2.24) is 14.5 Å². The molecule has 2 fully saturated rings. The zero-order chi connectivity index (χ0) is 20.1. The van der Waals surface area contributed by atoms with Gasteiger partial charge in [0.05, 0.1) is 17.6 Å². The zero-order valence-corrected chi connectivity index (χ0v) is 17.6. The van der Waals surface area contributed by atoms with Crippen LogP contribution in [-0.4, -0.2) is 75.5 Å². The van der Waals surface area contributed by atoms with Crippen molar-refractivity contribution in [1.29, 1.82) is 0 Å². The summed E-state index contributed by atoms with van der Waals surface area (Å²) in [5.74, 6) is 0.316. The van der Waals surface area contributed by atoms with E-state index in [0.717, 1.165) is 32.5 Å². The van der Waals surface area contributed by atoms with E-state index in [1.807, 2.05) is 0 Å². The number of carbonyl (C=O) groups is 1. The van der Waals surface area contributed by atoms with Crippen molar-refractivity contribution in [2.24, 2.45) is 5.92 Å². The third kappa shape index (κ3) is 5.31. The summed E-state index contributed by atoms with van der Waals surface area (Å²) in [4.78, 5) is 15.1. The van der Waals surface area contributed by atoms with Crippen molar-refractivity contribution in [2.45, 2.75) is 37.7 Å². The molecule has 0 aliphatic carbocycles. The molecule has 0 radical (unpaired) electrons. The van der Waals surface area contributed by atoms with E-state index >= 15 is 0 Å². The second-order valence-corrected chi connectivity index (χ2v) is 9.93. The number of carbonyl (C=O) groups excluding carboxylic acids is 1. The minimum Gasteiger partial charge on any atom is -0.374 e. The van der Waals surface area contributed by atoms with Crippen LogP contribution < -0.4 is 5.32 Å². The standard InChI is InChI=1S/C20H31N3O4S/c1-16(2)14-22-10-11-27-18(15-22)13-21-20(24)17-6-5-7-19(12-17)28(25,26)23-8-3-4-9-23/h5-7,12,16,18H,3-4,8-11,13-15H2,1-2H3,(H,21,24)/t18-/m0/s1. The highest BCUT2D eigenvalue weighted by atomic mass is 32.2. The van der Waals surface area contributed by atoms with Gasteiger partial charge in [-0.25, -0.2) is 8.42 Å². The van der Waals surface area contributed by atoms with E-state index in [4.69, 9.17) is 4.74 Å². The average Bonchev–Trinajstić information content (AvgIpc) is 3.22. The van der Waals surface area contributed by atoms with Gasteiger partial charge in [0.2, 0.25) is 10.0 Å². The van der Waals surface area contributed by atoms with Gasteiger partial charge < -0.3 is 10.1 Å². The molecule has 1 aromatic rings. The first-order chi connectivity index (χ1) is 13.4. The van der Waals surface area contributed by atoms with E-state index in [0.29, 0.717) is 37.7 Å². The van der Waals surface area contributed by atoms with E-state index in [1.54, 1.807) is 18.2 Å². The van der Waals surface area contributed by atoms with Gasteiger partial charge in [-0.1, -0.05) is 19.9 Å². The number of rotatable bonds is 7. The number of nitrogens with one attached hydrogen (secondary N) is 1. The predicted octanol–water partition coefficient (Wildman–Crippen LogP) is 1.56. The molecule has 156 valence electrons. The normalized spacial score (nSPS) is 21.9. The van der Waals surface area contributed by atoms with Crippen LogP contribution in [-0.2, 0) is 14.8 Å². The van der Waals surface area contributed by atoms with Gasteiger partial charge in [0, 0.05) is 44.8 Å². The highest BCUT2D eigenvalue weighted by Gasteiger charge is 2.28. The van der Waals surface area contributed by atoms with Crippen LogP contribution in [0.5, 0.6) is 0 Å². The smallest absolute Gasteiger partial charge is 0.251 e. The van der Waals surface area contributed by atoms with E-state index in [2.05, 4.69) is 24.1 Å². The monoisotopic (exact) mass is 409 g/mol. The Morgan fingerprint density at radius 1 is 1.25 bits per heavy atom. The van der Waals surface area contributed by atoms with Gasteiger partial charge in [-0.15, -0.1) is 0 Å². The van der Waals surface area contributed by atoms with Crippen LogP contribution in [0.2, 0.25) is 0 Å². The molecule has 0 saturated carbocycles. The number of amides is 1. The Bertz CT molecular complexity index is 775. The third-order valence-corrected chi connectivity index (χ3v) is 7.03. The molecule has 0 spiro atoms. The molecule has 2 aliphatic heterocycles. The van der Waals surface area contributed by atoms with Gasteiger partial charge in [0.15, 0.2) is 0 Å². The molecule has 3 rings (SSSR count). The number of sulfonamides is 1. The molecule has 2 aliphatic rings. The Morgan fingerprint density at radius 2 is 2.00 bits per heavy atom. The van der Waals surface area contributed by atoms with Crippen LogP contribution in [0.4, 0.5) is 0 Å². The summed E-state index contributed by atoms with van der Waals surface area (Å²) in [6.07, 6.45) is 1.72. The molecular formula is C20H31N3O4S. The lowest BCUT2D eigenvalue weighted by molar-refractivity contribution is -0.0295. The maximum Gasteiger partial charge on any atom is 0.251 e. The van der Waals surface area contributed by atoms with Crippen LogP contribution in [0.1, 0.15) is 37.0 Å². The number of hydrogen-bond acceptors (Lipinski definition) is 5. The lowest BCUT2D eigenvalue weighted by atomic mass is 10.1. The fourth-order valence-electron chi connectivity index (χ4n) is 3.77. The number of benzene rings is 1. The van der Waals surface area contributed by atoms with Crippen LogP contribution in [0.3, 0.4) is 0 Å². The van der Waals surface area contributed by atoms with Gasteiger partial charge >= 0.3 is 0 Å². The largest absolute Gasteiger partial charge is 0.374 e. The number of ether oxygens (including phenoxy) is 1. The van der Waals surface area contributed by atoms with Gasteiger partial charge in [-0.2, -0.15) is 4.31 Å². The molecule has 8 heteroatoms. The van der Waals surface area contributed by atoms with E-state index in [-0.39, 0.29) is 16.9 Å². The molecule has 7 nitrogen and oxygen atoms in total. The van der Waals surface area contributed by atoms with E-state index < -0.39 is 10.0 Å². The average molecular weight is 410 g/mol. The fourth-order valence-corrected chi connectivity index (χ4v) is 5.33. The van der Waals surface area contributed by atoms with Crippen molar-refractivity contribution in [3.63, 3.8) is 0 Å². The Labute approximate surface area is 168 Å². The topological polar surface area (TPSA) is 79.0 Å². The summed E-state index contributed by atoms with van der Waals surface area (Å²) >= 11 is 0. The van der Waals surface area contributed by atoms with Gasteiger partial charge in [0.25, 0.3) is 5.91 Å². The quantitative estimate of drug-likeness (QED) is 0.739. The zero-order valence-electron chi connectivity index (χ0n) is 16.8. The molecule has 2 saturated heterocycles. The lowest BCUT2D eigenvalue weighted by Crippen LogP contribution is -2.48. The highest BCUT2D eigenvalue weighted by molar-refractivity contribution is 7.89. The first-order valence-corrected chi connectivity index (χ1v) is 11.5. The van der Waals surface area contributed by atoms with Gasteiger partial charge in [-0.3, -0.25) is 9.69 Å². The lowest BCUT2D eigenvalue weighted by Gasteiger charge is -2.33. The maximum atomic E-state index is 12.7. The molecule has 1 N–H and O–H groups in total.